The van der Waals surface area contributed by atoms with Gasteiger partial charge in [-0.1, -0.05) is 18.2 Å². The number of para-hydroxylation sites is 1. The molecule has 0 radical (unpaired) electrons. The minimum Gasteiger partial charge on any atom is -0.371 e. The van der Waals surface area contributed by atoms with Crippen molar-refractivity contribution in [2.24, 2.45) is 5.92 Å². The van der Waals surface area contributed by atoms with E-state index in [1.807, 2.05) is 0 Å². The molecule has 0 saturated carbocycles. The summed E-state index contributed by atoms with van der Waals surface area (Å²) < 4.78 is 13.2. The van der Waals surface area contributed by atoms with E-state index in [4.69, 9.17) is 0 Å². The fourth-order valence-corrected chi connectivity index (χ4v) is 3.75. The Kier molecular flexibility index (Phi) is 3.85. The molecule has 2 aliphatic rings. The summed E-state index contributed by atoms with van der Waals surface area (Å²) in [6.45, 7) is 4.15. The van der Waals surface area contributed by atoms with Crippen LogP contribution in [0.15, 0.2) is 36.7 Å². The molecule has 3 heterocycles. The van der Waals surface area contributed by atoms with Crippen molar-refractivity contribution in [2.45, 2.75) is 19.3 Å². The van der Waals surface area contributed by atoms with Gasteiger partial charge in [0.2, 0.25) is 5.95 Å². The third-order valence-corrected chi connectivity index (χ3v) is 5.02. The SMILES string of the molecule is Fc1cc(N2CCC(CN3CCc4ccccc43)CC2)ncn1. The molecule has 1 fully saturated rings. The molecule has 5 heteroatoms. The van der Waals surface area contributed by atoms with Gasteiger partial charge in [-0.25, -0.2) is 9.97 Å². The Morgan fingerprint density at radius 2 is 1.91 bits per heavy atom. The number of anilines is 2. The monoisotopic (exact) mass is 312 g/mol. The Hall–Kier alpha value is -2.17. The van der Waals surface area contributed by atoms with Gasteiger partial charge in [0.1, 0.15) is 12.1 Å². The van der Waals surface area contributed by atoms with Gasteiger partial charge in [0.05, 0.1) is 0 Å². The zero-order chi connectivity index (χ0) is 15.6. The number of hydrogen-bond acceptors (Lipinski definition) is 4. The number of piperidine rings is 1. The first-order valence-electron chi connectivity index (χ1n) is 8.35. The third kappa shape index (κ3) is 3.00. The Labute approximate surface area is 136 Å². The van der Waals surface area contributed by atoms with E-state index in [9.17, 15) is 4.39 Å². The quantitative estimate of drug-likeness (QED) is 0.816. The molecular weight excluding hydrogens is 291 g/mol. The molecule has 0 amide bonds. The van der Waals surface area contributed by atoms with Gasteiger partial charge in [-0.05, 0) is 36.8 Å². The van der Waals surface area contributed by atoms with Gasteiger partial charge in [-0.15, -0.1) is 0 Å². The predicted molar refractivity (Wildman–Crippen MR) is 89.3 cm³/mol. The summed E-state index contributed by atoms with van der Waals surface area (Å²) in [6, 6.07) is 10.2. The van der Waals surface area contributed by atoms with E-state index < -0.39 is 5.95 Å². The Morgan fingerprint density at radius 1 is 1.09 bits per heavy atom. The number of hydrogen-bond donors (Lipinski definition) is 0. The lowest BCUT2D eigenvalue weighted by molar-refractivity contribution is 0.403. The van der Waals surface area contributed by atoms with Crippen LogP contribution in [0.1, 0.15) is 18.4 Å². The fourth-order valence-electron chi connectivity index (χ4n) is 3.75. The molecule has 2 aliphatic heterocycles. The third-order valence-electron chi connectivity index (χ3n) is 5.02. The van der Waals surface area contributed by atoms with Gasteiger partial charge in [0.15, 0.2) is 0 Å². The molecule has 1 aromatic heterocycles. The average Bonchev–Trinajstić information content (AvgIpc) is 2.99. The Balaban J connectivity index is 1.36. The van der Waals surface area contributed by atoms with Crippen LogP contribution < -0.4 is 9.80 Å². The van der Waals surface area contributed by atoms with Crippen LogP contribution in [0.5, 0.6) is 0 Å². The largest absolute Gasteiger partial charge is 0.371 e. The summed E-state index contributed by atoms with van der Waals surface area (Å²) in [7, 11) is 0. The molecule has 0 bridgehead atoms. The lowest BCUT2D eigenvalue weighted by Gasteiger charge is -2.35. The highest BCUT2D eigenvalue weighted by atomic mass is 19.1. The van der Waals surface area contributed by atoms with Crippen LogP contribution >= 0.6 is 0 Å². The minimum absolute atomic E-state index is 0.453. The van der Waals surface area contributed by atoms with E-state index in [1.165, 1.54) is 23.6 Å². The molecule has 0 unspecified atom stereocenters. The van der Waals surface area contributed by atoms with Crippen molar-refractivity contribution >= 4 is 11.5 Å². The highest BCUT2D eigenvalue weighted by Gasteiger charge is 2.25. The van der Waals surface area contributed by atoms with Crippen molar-refractivity contribution in [3.8, 4) is 0 Å². The number of benzene rings is 1. The van der Waals surface area contributed by atoms with Crippen LogP contribution in [0.25, 0.3) is 0 Å². The first kappa shape index (κ1) is 14.4. The molecule has 0 N–H and O–H groups in total. The van der Waals surface area contributed by atoms with Gasteiger partial charge in [0, 0.05) is 37.9 Å². The van der Waals surface area contributed by atoms with Crippen molar-refractivity contribution in [3.05, 3.63) is 48.2 Å². The zero-order valence-corrected chi connectivity index (χ0v) is 13.2. The Bertz CT molecular complexity index is 682. The molecule has 120 valence electrons. The second-order valence-corrected chi connectivity index (χ2v) is 6.45. The van der Waals surface area contributed by atoms with Gasteiger partial charge in [0.25, 0.3) is 0 Å². The van der Waals surface area contributed by atoms with E-state index in [2.05, 4.69) is 44.0 Å². The maximum atomic E-state index is 13.2. The average molecular weight is 312 g/mol. The Morgan fingerprint density at radius 3 is 2.74 bits per heavy atom. The number of aromatic nitrogens is 2. The topological polar surface area (TPSA) is 32.3 Å². The molecule has 4 rings (SSSR count). The lowest BCUT2D eigenvalue weighted by Crippen LogP contribution is -2.38. The number of halogens is 1. The van der Waals surface area contributed by atoms with Crippen molar-refractivity contribution in [1.29, 1.82) is 0 Å². The maximum Gasteiger partial charge on any atom is 0.218 e. The van der Waals surface area contributed by atoms with Gasteiger partial charge >= 0.3 is 0 Å². The molecular formula is C18H21FN4. The van der Waals surface area contributed by atoms with E-state index in [0.717, 1.165) is 45.4 Å². The van der Waals surface area contributed by atoms with E-state index in [-0.39, 0.29) is 0 Å². The van der Waals surface area contributed by atoms with Crippen molar-refractivity contribution in [3.63, 3.8) is 0 Å². The highest BCUT2D eigenvalue weighted by Crippen LogP contribution is 2.30. The maximum absolute atomic E-state index is 13.2. The minimum atomic E-state index is -0.453. The van der Waals surface area contributed by atoms with Crippen LogP contribution in [0.4, 0.5) is 15.9 Å². The van der Waals surface area contributed by atoms with Crippen LogP contribution in [-0.4, -0.2) is 36.1 Å². The van der Waals surface area contributed by atoms with E-state index in [1.54, 1.807) is 0 Å². The molecule has 0 spiro atoms. The van der Waals surface area contributed by atoms with Crippen LogP contribution in [0.3, 0.4) is 0 Å². The summed E-state index contributed by atoms with van der Waals surface area (Å²) in [6.07, 6.45) is 4.72. The zero-order valence-electron chi connectivity index (χ0n) is 13.2. The summed E-state index contributed by atoms with van der Waals surface area (Å²) in [5.74, 6) is 0.956. The van der Waals surface area contributed by atoms with Gasteiger partial charge in [-0.2, -0.15) is 4.39 Å². The van der Waals surface area contributed by atoms with Crippen molar-refractivity contribution in [2.75, 3.05) is 36.0 Å². The molecule has 0 atom stereocenters. The molecule has 23 heavy (non-hydrogen) atoms. The second kappa shape index (κ2) is 6.14. The second-order valence-electron chi connectivity index (χ2n) is 6.45. The normalized spacial score (nSPS) is 18.3. The standard InChI is InChI=1S/C18H21FN4/c19-17-11-18(21-13-20-17)22-8-5-14(6-9-22)12-23-10-7-15-3-1-2-4-16(15)23/h1-4,11,13-14H,5-10,12H2. The lowest BCUT2D eigenvalue weighted by atomic mass is 9.96. The van der Waals surface area contributed by atoms with Crippen molar-refractivity contribution in [1.82, 2.24) is 9.97 Å². The molecule has 1 saturated heterocycles. The number of fused-ring (bicyclic) bond motifs is 1. The predicted octanol–water partition coefficient (Wildman–Crippen LogP) is 2.89. The molecule has 0 aliphatic carbocycles. The van der Waals surface area contributed by atoms with Crippen LogP contribution in [0.2, 0.25) is 0 Å². The summed E-state index contributed by atoms with van der Waals surface area (Å²) in [5.41, 5.74) is 2.88. The fraction of sp³-hybridized carbons (Fsp3) is 0.444. The first-order chi connectivity index (χ1) is 11.3. The summed E-state index contributed by atoms with van der Waals surface area (Å²) in [5, 5.41) is 0. The van der Waals surface area contributed by atoms with Crippen LogP contribution in [0, 0.1) is 11.9 Å². The van der Waals surface area contributed by atoms with E-state index >= 15 is 0 Å². The van der Waals surface area contributed by atoms with Crippen molar-refractivity contribution < 1.29 is 4.39 Å². The molecule has 2 aromatic rings. The number of rotatable bonds is 3. The first-order valence-corrected chi connectivity index (χ1v) is 8.35. The molecule has 4 nitrogen and oxygen atoms in total. The summed E-state index contributed by atoms with van der Waals surface area (Å²) >= 11 is 0. The smallest absolute Gasteiger partial charge is 0.218 e. The molecule has 1 aromatic carbocycles. The van der Waals surface area contributed by atoms with Crippen LogP contribution in [-0.2, 0) is 6.42 Å². The van der Waals surface area contributed by atoms with E-state index in [0.29, 0.717) is 11.7 Å². The highest BCUT2D eigenvalue weighted by molar-refractivity contribution is 5.57. The number of nitrogens with zero attached hydrogens (tertiary/aromatic N) is 4. The van der Waals surface area contributed by atoms with Gasteiger partial charge in [-0.3, -0.25) is 0 Å². The van der Waals surface area contributed by atoms with Gasteiger partial charge < -0.3 is 9.80 Å². The summed E-state index contributed by atoms with van der Waals surface area (Å²) in [4.78, 5) is 12.4.